The fourth-order valence-electron chi connectivity index (χ4n) is 2.24. The van der Waals surface area contributed by atoms with E-state index in [-0.39, 0.29) is 11.8 Å². The van der Waals surface area contributed by atoms with Gasteiger partial charge in [0.1, 0.15) is 0 Å². The molecule has 1 saturated carbocycles. The Bertz CT molecular complexity index is 778. The predicted octanol–water partition coefficient (Wildman–Crippen LogP) is 3.88. The van der Waals surface area contributed by atoms with Gasteiger partial charge in [-0.05, 0) is 31.9 Å². The van der Waals surface area contributed by atoms with Gasteiger partial charge < -0.3 is 9.30 Å². The largest absolute Gasteiger partial charge is 0.380 e. The maximum Gasteiger partial charge on any atom is 0.251 e. The molecule has 1 aromatic heterocycles. The van der Waals surface area contributed by atoms with E-state index in [4.69, 9.17) is 27.9 Å². The first-order chi connectivity index (χ1) is 10.6. The summed E-state index contributed by atoms with van der Waals surface area (Å²) in [5.41, 5.74) is 0.859. The minimum Gasteiger partial charge on any atom is -0.380 e. The van der Waals surface area contributed by atoms with Gasteiger partial charge in [0, 0.05) is 24.1 Å². The molecule has 1 heterocycles. The summed E-state index contributed by atoms with van der Waals surface area (Å²) in [4.78, 5) is 17.0. The molecule has 1 aromatic carbocycles. The van der Waals surface area contributed by atoms with E-state index in [1.54, 1.807) is 6.07 Å². The molecule has 1 aliphatic rings. The summed E-state index contributed by atoms with van der Waals surface area (Å²) >= 11 is 13.8. The van der Waals surface area contributed by atoms with Gasteiger partial charge >= 0.3 is 0 Å². The van der Waals surface area contributed by atoms with E-state index in [1.165, 1.54) is 11.3 Å². The van der Waals surface area contributed by atoms with Crippen LogP contribution in [0.15, 0.2) is 17.1 Å². The molecule has 1 aliphatic carbocycles. The van der Waals surface area contributed by atoms with Gasteiger partial charge in [0.15, 0.2) is 4.80 Å². The molecular weight excluding hydrogens is 343 g/mol. The van der Waals surface area contributed by atoms with Crippen molar-refractivity contribution in [2.75, 3.05) is 13.2 Å². The van der Waals surface area contributed by atoms with Crippen molar-refractivity contribution < 1.29 is 9.53 Å². The summed E-state index contributed by atoms with van der Waals surface area (Å²) in [5, 5.41) is 1.14. The van der Waals surface area contributed by atoms with E-state index in [1.807, 2.05) is 17.6 Å². The number of nitrogens with zero attached hydrogens (tertiary/aromatic N) is 2. The summed E-state index contributed by atoms with van der Waals surface area (Å²) < 4.78 is 8.31. The monoisotopic (exact) mass is 358 g/mol. The fraction of sp³-hybridized carbons (Fsp3) is 0.467. The number of ether oxygens (including phenoxy) is 1. The number of halogens is 2. The second kappa shape index (κ2) is 6.71. The third-order valence-corrected chi connectivity index (χ3v) is 5.02. The van der Waals surface area contributed by atoms with E-state index in [2.05, 4.69) is 4.99 Å². The number of benzene rings is 1. The molecule has 118 valence electrons. The molecule has 0 radical (unpaired) electrons. The number of amides is 1. The van der Waals surface area contributed by atoms with Crippen molar-refractivity contribution in [3.8, 4) is 0 Å². The van der Waals surface area contributed by atoms with Gasteiger partial charge in [-0.15, -0.1) is 0 Å². The molecule has 1 fully saturated rings. The molecule has 0 saturated heterocycles. The Labute approximate surface area is 142 Å². The first-order valence-electron chi connectivity index (χ1n) is 7.25. The Kier molecular flexibility index (Phi) is 4.88. The number of carbonyl (C=O) groups is 1. The lowest BCUT2D eigenvalue weighted by molar-refractivity contribution is -0.119. The number of carbonyl (C=O) groups excluding carboxylic acids is 1. The smallest absolute Gasteiger partial charge is 0.251 e. The first-order valence-corrected chi connectivity index (χ1v) is 8.82. The Hall–Kier alpha value is -0.880. The zero-order valence-corrected chi connectivity index (χ0v) is 14.5. The van der Waals surface area contributed by atoms with Crippen LogP contribution in [0.2, 0.25) is 10.0 Å². The molecule has 0 aliphatic heterocycles. The molecule has 1 amide bonds. The van der Waals surface area contributed by atoms with E-state index in [0.717, 1.165) is 23.1 Å². The Balaban J connectivity index is 2.10. The van der Waals surface area contributed by atoms with Crippen LogP contribution >= 0.6 is 34.5 Å². The second-order valence-electron chi connectivity index (χ2n) is 5.19. The lowest BCUT2D eigenvalue weighted by Gasteiger charge is -2.06. The van der Waals surface area contributed by atoms with Gasteiger partial charge in [-0.3, -0.25) is 4.79 Å². The van der Waals surface area contributed by atoms with Crippen molar-refractivity contribution in [1.29, 1.82) is 0 Å². The van der Waals surface area contributed by atoms with Crippen LogP contribution in [0.25, 0.3) is 10.2 Å². The van der Waals surface area contributed by atoms with Gasteiger partial charge in [0.25, 0.3) is 5.91 Å². The summed E-state index contributed by atoms with van der Waals surface area (Å²) in [6.45, 7) is 3.75. The Morgan fingerprint density at radius 3 is 2.91 bits per heavy atom. The highest BCUT2D eigenvalue weighted by molar-refractivity contribution is 7.16. The minimum absolute atomic E-state index is 0.0427. The van der Waals surface area contributed by atoms with Gasteiger partial charge in [-0.2, -0.15) is 4.99 Å². The van der Waals surface area contributed by atoms with Crippen LogP contribution in [0, 0.1) is 5.92 Å². The van der Waals surface area contributed by atoms with Crippen molar-refractivity contribution in [2.45, 2.75) is 26.3 Å². The Morgan fingerprint density at radius 2 is 2.23 bits per heavy atom. The molecule has 0 N–H and O–H groups in total. The van der Waals surface area contributed by atoms with Crippen LogP contribution in [0.3, 0.4) is 0 Å². The molecule has 0 unspecified atom stereocenters. The van der Waals surface area contributed by atoms with E-state index in [0.29, 0.717) is 34.6 Å². The first kappa shape index (κ1) is 16.0. The van der Waals surface area contributed by atoms with E-state index in [9.17, 15) is 4.79 Å². The topological polar surface area (TPSA) is 43.6 Å². The average Bonchev–Trinajstić information content (AvgIpc) is 3.24. The van der Waals surface area contributed by atoms with E-state index >= 15 is 0 Å². The molecule has 0 spiro atoms. The molecule has 4 nitrogen and oxygen atoms in total. The fourth-order valence-corrected chi connectivity index (χ4v) is 4.08. The van der Waals surface area contributed by atoms with Gasteiger partial charge in [-0.1, -0.05) is 34.5 Å². The van der Waals surface area contributed by atoms with Crippen LogP contribution in [0.5, 0.6) is 0 Å². The third-order valence-electron chi connectivity index (χ3n) is 3.49. The molecule has 2 aromatic rings. The van der Waals surface area contributed by atoms with Crippen molar-refractivity contribution in [1.82, 2.24) is 4.57 Å². The molecule has 0 bridgehead atoms. The maximum atomic E-state index is 12.0. The second-order valence-corrected chi connectivity index (χ2v) is 7.04. The number of thiazole rings is 1. The molecule has 7 heteroatoms. The van der Waals surface area contributed by atoms with Crippen LogP contribution in [0.4, 0.5) is 0 Å². The highest BCUT2D eigenvalue weighted by Gasteiger charge is 2.29. The van der Waals surface area contributed by atoms with Crippen LogP contribution < -0.4 is 4.80 Å². The predicted molar refractivity (Wildman–Crippen MR) is 89.6 cm³/mol. The quantitative estimate of drug-likeness (QED) is 0.761. The number of aromatic nitrogens is 1. The molecule has 22 heavy (non-hydrogen) atoms. The highest BCUT2D eigenvalue weighted by atomic mass is 35.5. The number of fused-ring (bicyclic) bond motifs is 1. The SMILES string of the molecule is CCOCCn1c(=NC(=O)C2CC2)sc2cc(Cl)cc(Cl)c21. The van der Waals surface area contributed by atoms with Crippen LogP contribution in [-0.2, 0) is 16.1 Å². The van der Waals surface area contributed by atoms with Crippen LogP contribution in [-0.4, -0.2) is 23.7 Å². The third kappa shape index (κ3) is 3.38. The van der Waals surface area contributed by atoms with Crippen molar-refractivity contribution in [3.05, 3.63) is 27.0 Å². The summed E-state index contributed by atoms with van der Waals surface area (Å²) in [7, 11) is 0. The zero-order chi connectivity index (χ0) is 15.7. The van der Waals surface area contributed by atoms with Gasteiger partial charge in [-0.25, -0.2) is 0 Å². The number of hydrogen-bond donors (Lipinski definition) is 0. The van der Waals surface area contributed by atoms with Crippen molar-refractivity contribution in [3.63, 3.8) is 0 Å². The normalized spacial score (nSPS) is 15.7. The van der Waals surface area contributed by atoms with E-state index < -0.39 is 0 Å². The molecule has 0 atom stereocenters. The standard InChI is InChI=1S/C15H16Cl2N2O2S/c1-2-21-6-5-19-13-11(17)7-10(16)8-12(13)22-15(19)18-14(20)9-3-4-9/h7-9H,2-6H2,1H3. The van der Waals surface area contributed by atoms with Gasteiger partial charge in [0.2, 0.25) is 0 Å². The lowest BCUT2D eigenvalue weighted by Crippen LogP contribution is -2.20. The highest BCUT2D eigenvalue weighted by Crippen LogP contribution is 2.31. The zero-order valence-electron chi connectivity index (χ0n) is 12.1. The minimum atomic E-state index is -0.0427. The molecular formula is C15H16Cl2N2O2S. The van der Waals surface area contributed by atoms with Crippen LogP contribution in [0.1, 0.15) is 19.8 Å². The average molecular weight is 359 g/mol. The number of hydrogen-bond acceptors (Lipinski definition) is 3. The van der Waals surface area contributed by atoms with Crippen molar-refractivity contribution in [2.24, 2.45) is 10.9 Å². The van der Waals surface area contributed by atoms with Crippen molar-refractivity contribution >= 4 is 50.7 Å². The van der Waals surface area contributed by atoms with Gasteiger partial charge in [0.05, 0.1) is 21.8 Å². The Morgan fingerprint density at radius 1 is 1.45 bits per heavy atom. The number of rotatable bonds is 5. The summed E-state index contributed by atoms with van der Waals surface area (Å²) in [5.74, 6) is 0.0588. The summed E-state index contributed by atoms with van der Waals surface area (Å²) in [6.07, 6.45) is 1.89. The molecule has 3 rings (SSSR count). The summed E-state index contributed by atoms with van der Waals surface area (Å²) in [6, 6.07) is 3.56. The lowest BCUT2D eigenvalue weighted by atomic mass is 10.3. The maximum absolute atomic E-state index is 12.0.